The monoisotopic (exact) mass is 385 g/mol. The molecule has 0 N–H and O–H groups in total. The van der Waals surface area contributed by atoms with Crippen LogP contribution in [0.3, 0.4) is 0 Å². The van der Waals surface area contributed by atoms with Crippen LogP contribution in [-0.2, 0) is 19.8 Å². The van der Waals surface area contributed by atoms with Crippen molar-refractivity contribution < 1.29 is 22.7 Å². The molecule has 0 aliphatic heterocycles. The van der Waals surface area contributed by atoms with E-state index in [9.17, 15) is 18.0 Å². The molecule has 3 rings (SSSR count). The van der Waals surface area contributed by atoms with E-state index in [1.165, 1.54) is 22.7 Å². The van der Waals surface area contributed by atoms with E-state index in [1.807, 2.05) is 0 Å². The van der Waals surface area contributed by atoms with Crippen molar-refractivity contribution in [2.24, 2.45) is 7.05 Å². The van der Waals surface area contributed by atoms with E-state index in [2.05, 4.69) is 10.2 Å². The molecule has 0 spiro atoms. The molecule has 1 fully saturated rings. The van der Waals surface area contributed by atoms with E-state index in [4.69, 9.17) is 4.74 Å². The standard InChI is InChI=1S/C17H22F3N5O2/c1-23-11-13(15(22-23)27-2)16(26)25(12-5-3-4-6-12)10-9-24-8-7-14(21-24)17(18,19)20/h7-8,11-12H,3-6,9-10H2,1-2H3. The van der Waals surface area contributed by atoms with Gasteiger partial charge in [0.2, 0.25) is 5.88 Å². The van der Waals surface area contributed by atoms with Gasteiger partial charge in [0.05, 0.1) is 13.7 Å². The highest BCUT2D eigenvalue weighted by atomic mass is 19.4. The van der Waals surface area contributed by atoms with Crippen molar-refractivity contribution in [3.05, 3.63) is 29.7 Å². The van der Waals surface area contributed by atoms with Crippen molar-refractivity contribution in [3.8, 4) is 5.88 Å². The van der Waals surface area contributed by atoms with Gasteiger partial charge in [0.15, 0.2) is 5.69 Å². The Morgan fingerprint density at radius 3 is 2.63 bits per heavy atom. The largest absolute Gasteiger partial charge is 0.479 e. The highest BCUT2D eigenvalue weighted by Gasteiger charge is 2.34. The van der Waals surface area contributed by atoms with Gasteiger partial charge in [-0.3, -0.25) is 14.2 Å². The molecule has 0 bridgehead atoms. The smallest absolute Gasteiger partial charge is 0.435 e. The van der Waals surface area contributed by atoms with E-state index >= 15 is 0 Å². The van der Waals surface area contributed by atoms with Crippen LogP contribution in [0, 0.1) is 0 Å². The third-order valence-electron chi connectivity index (χ3n) is 4.75. The lowest BCUT2D eigenvalue weighted by molar-refractivity contribution is -0.141. The molecule has 2 aromatic heterocycles. The summed E-state index contributed by atoms with van der Waals surface area (Å²) in [5.41, 5.74) is -0.585. The Kier molecular flexibility index (Phi) is 5.43. The van der Waals surface area contributed by atoms with Gasteiger partial charge in [0, 0.05) is 32.0 Å². The highest BCUT2D eigenvalue weighted by molar-refractivity contribution is 5.96. The quantitative estimate of drug-likeness (QED) is 0.767. The third-order valence-corrected chi connectivity index (χ3v) is 4.75. The normalized spacial score (nSPS) is 15.3. The molecule has 10 heteroatoms. The molecule has 1 aliphatic carbocycles. The number of ether oxygens (including phenoxy) is 1. The van der Waals surface area contributed by atoms with E-state index in [0.717, 1.165) is 31.7 Å². The van der Waals surface area contributed by atoms with Gasteiger partial charge < -0.3 is 9.64 Å². The first-order valence-corrected chi connectivity index (χ1v) is 8.79. The van der Waals surface area contributed by atoms with Gasteiger partial charge in [-0.25, -0.2) is 0 Å². The summed E-state index contributed by atoms with van der Waals surface area (Å²) in [4.78, 5) is 14.8. The number of amides is 1. The van der Waals surface area contributed by atoms with Crippen LogP contribution in [0.1, 0.15) is 41.7 Å². The first kappa shape index (κ1) is 19.2. The van der Waals surface area contributed by atoms with Crippen molar-refractivity contribution >= 4 is 5.91 Å². The molecule has 1 saturated carbocycles. The topological polar surface area (TPSA) is 65.2 Å². The minimum absolute atomic E-state index is 0.0556. The molecular weight excluding hydrogens is 363 g/mol. The lowest BCUT2D eigenvalue weighted by Crippen LogP contribution is -2.41. The Hall–Kier alpha value is -2.52. The lowest BCUT2D eigenvalue weighted by atomic mass is 10.1. The van der Waals surface area contributed by atoms with Gasteiger partial charge in [-0.2, -0.15) is 18.3 Å². The van der Waals surface area contributed by atoms with Crippen LogP contribution in [0.2, 0.25) is 0 Å². The fourth-order valence-electron chi connectivity index (χ4n) is 3.43. The average Bonchev–Trinajstić information content (AvgIpc) is 3.34. The van der Waals surface area contributed by atoms with Gasteiger partial charge in [0.25, 0.3) is 5.91 Å². The average molecular weight is 385 g/mol. The number of methoxy groups -OCH3 is 1. The summed E-state index contributed by atoms with van der Waals surface area (Å²) in [5.74, 6) is 0.0130. The third kappa shape index (κ3) is 4.25. The zero-order valence-corrected chi connectivity index (χ0v) is 15.2. The van der Waals surface area contributed by atoms with Crippen molar-refractivity contribution in [3.63, 3.8) is 0 Å². The van der Waals surface area contributed by atoms with Crippen LogP contribution in [0.5, 0.6) is 5.88 Å². The molecule has 7 nitrogen and oxygen atoms in total. The molecule has 2 aromatic rings. The van der Waals surface area contributed by atoms with E-state index in [0.29, 0.717) is 5.56 Å². The van der Waals surface area contributed by atoms with Gasteiger partial charge in [0.1, 0.15) is 5.56 Å². The van der Waals surface area contributed by atoms with E-state index in [1.54, 1.807) is 18.1 Å². The Morgan fingerprint density at radius 1 is 1.33 bits per heavy atom. The van der Waals surface area contributed by atoms with Gasteiger partial charge in [-0.05, 0) is 18.9 Å². The molecule has 0 atom stereocenters. The molecule has 1 amide bonds. The Morgan fingerprint density at radius 2 is 2.04 bits per heavy atom. The summed E-state index contributed by atoms with van der Waals surface area (Å²) < 4.78 is 46.1. The number of alkyl halides is 3. The summed E-state index contributed by atoms with van der Waals surface area (Å²) in [6.07, 6.45) is 2.21. The summed E-state index contributed by atoms with van der Waals surface area (Å²) in [6.45, 7) is 0.446. The molecule has 0 aromatic carbocycles. The minimum atomic E-state index is -4.48. The van der Waals surface area contributed by atoms with Crippen LogP contribution >= 0.6 is 0 Å². The summed E-state index contributed by atoms with van der Waals surface area (Å²) >= 11 is 0. The Bertz CT molecular complexity index is 793. The molecule has 0 saturated heterocycles. The molecule has 1 aliphatic rings. The minimum Gasteiger partial charge on any atom is -0.479 e. The number of halogens is 3. The predicted octanol–water partition coefficient (Wildman–Crippen LogP) is 2.73. The maximum Gasteiger partial charge on any atom is 0.435 e. The second-order valence-electron chi connectivity index (χ2n) is 6.62. The molecule has 0 radical (unpaired) electrons. The van der Waals surface area contributed by atoms with Crippen LogP contribution in [0.25, 0.3) is 0 Å². The summed E-state index contributed by atoms with van der Waals surface area (Å²) in [5, 5.41) is 7.67. The number of aromatic nitrogens is 4. The molecular formula is C17H22F3N5O2. The van der Waals surface area contributed by atoms with E-state index in [-0.39, 0.29) is 30.9 Å². The first-order chi connectivity index (χ1) is 12.8. The van der Waals surface area contributed by atoms with Crippen molar-refractivity contribution in [1.82, 2.24) is 24.5 Å². The number of aryl methyl sites for hydroxylation is 1. The molecule has 2 heterocycles. The number of rotatable bonds is 6. The zero-order chi connectivity index (χ0) is 19.6. The van der Waals surface area contributed by atoms with E-state index < -0.39 is 11.9 Å². The maximum absolute atomic E-state index is 13.1. The van der Waals surface area contributed by atoms with Gasteiger partial charge in [-0.1, -0.05) is 12.8 Å². The summed E-state index contributed by atoms with van der Waals surface area (Å²) in [7, 11) is 3.14. The molecule has 0 unspecified atom stereocenters. The van der Waals surface area contributed by atoms with Gasteiger partial charge in [-0.15, -0.1) is 5.10 Å². The van der Waals surface area contributed by atoms with Crippen molar-refractivity contribution in [2.45, 2.75) is 44.4 Å². The highest BCUT2D eigenvalue weighted by Crippen LogP contribution is 2.28. The van der Waals surface area contributed by atoms with Crippen LogP contribution < -0.4 is 4.74 Å². The van der Waals surface area contributed by atoms with Crippen LogP contribution in [-0.4, -0.2) is 50.1 Å². The number of hydrogen-bond donors (Lipinski definition) is 0. The Labute approximate surface area is 154 Å². The molecule has 148 valence electrons. The summed E-state index contributed by atoms with van der Waals surface area (Å²) in [6, 6.07) is 0.992. The number of hydrogen-bond acceptors (Lipinski definition) is 4. The Balaban J connectivity index is 1.77. The zero-order valence-electron chi connectivity index (χ0n) is 15.2. The van der Waals surface area contributed by atoms with Crippen molar-refractivity contribution in [2.75, 3.05) is 13.7 Å². The fourth-order valence-corrected chi connectivity index (χ4v) is 3.43. The fraction of sp³-hybridized carbons (Fsp3) is 0.588. The maximum atomic E-state index is 13.1. The van der Waals surface area contributed by atoms with Crippen LogP contribution in [0.15, 0.2) is 18.5 Å². The second-order valence-corrected chi connectivity index (χ2v) is 6.62. The van der Waals surface area contributed by atoms with Crippen LogP contribution in [0.4, 0.5) is 13.2 Å². The number of nitrogens with zero attached hydrogens (tertiary/aromatic N) is 5. The predicted molar refractivity (Wildman–Crippen MR) is 90.3 cm³/mol. The van der Waals surface area contributed by atoms with Gasteiger partial charge >= 0.3 is 6.18 Å². The molecule has 27 heavy (non-hydrogen) atoms. The van der Waals surface area contributed by atoms with Crippen molar-refractivity contribution in [1.29, 1.82) is 0 Å². The number of carbonyl (C=O) groups is 1. The number of carbonyl (C=O) groups excluding carboxylic acids is 1. The second kappa shape index (κ2) is 7.61. The SMILES string of the molecule is COc1nn(C)cc1C(=O)N(CCn1ccc(C(F)(F)F)n1)C1CCCC1. The lowest BCUT2D eigenvalue weighted by Gasteiger charge is -2.28. The first-order valence-electron chi connectivity index (χ1n) is 8.79.